The van der Waals surface area contributed by atoms with Crippen molar-refractivity contribution in [3.8, 4) is 5.75 Å². The smallest absolute Gasteiger partial charge is 0.315 e. The average Bonchev–Trinajstić information content (AvgIpc) is 3.03. The summed E-state index contributed by atoms with van der Waals surface area (Å²) >= 11 is 0. The first-order valence-electron chi connectivity index (χ1n) is 7.81. The summed E-state index contributed by atoms with van der Waals surface area (Å²) < 4.78 is 23.9. The number of aliphatic hydroxyl groups is 1. The van der Waals surface area contributed by atoms with Gasteiger partial charge in [0, 0.05) is 11.6 Å². The molecule has 3 N–H and O–H groups in total. The monoisotopic (exact) mass is 334 g/mol. The lowest BCUT2D eigenvalue weighted by atomic mass is 10.0. The summed E-state index contributed by atoms with van der Waals surface area (Å²) in [5.74, 6) is 0.466. The molecule has 0 aliphatic carbocycles. The van der Waals surface area contributed by atoms with Crippen LogP contribution in [0.4, 0.5) is 9.18 Å². The molecule has 0 saturated heterocycles. The molecule has 0 bridgehead atoms. The Hall–Kier alpha value is -2.54. The Bertz CT molecular complexity index is 690. The van der Waals surface area contributed by atoms with Gasteiger partial charge in [0.2, 0.25) is 0 Å². The van der Waals surface area contributed by atoms with Gasteiger partial charge in [0.25, 0.3) is 0 Å². The lowest BCUT2D eigenvalue weighted by Gasteiger charge is -2.19. The van der Waals surface area contributed by atoms with Crippen LogP contribution in [-0.2, 0) is 0 Å². The topological polar surface area (TPSA) is 83.7 Å². The highest BCUT2D eigenvalue weighted by Gasteiger charge is 2.22. The minimum absolute atomic E-state index is 0.0266. The number of aliphatic hydroxyl groups excluding tert-OH is 1. The maximum atomic E-state index is 13.3. The highest BCUT2D eigenvalue weighted by Crippen LogP contribution is 2.31. The van der Waals surface area contributed by atoms with Crippen molar-refractivity contribution in [1.82, 2.24) is 10.6 Å². The van der Waals surface area contributed by atoms with Crippen molar-refractivity contribution in [2.75, 3.05) is 13.2 Å². The van der Waals surface area contributed by atoms with Crippen LogP contribution in [0.1, 0.15) is 36.3 Å². The number of carbonyl (C=O) groups excluding carboxylic acids is 1. The summed E-state index contributed by atoms with van der Waals surface area (Å²) in [6.07, 6.45) is 1.98. The normalized spacial score (nSPS) is 18.0. The van der Waals surface area contributed by atoms with Crippen LogP contribution in [0.5, 0.6) is 5.75 Å². The lowest BCUT2D eigenvalue weighted by Crippen LogP contribution is -2.39. The molecule has 0 spiro atoms. The molecule has 0 saturated carbocycles. The van der Waals surface area contributed by atoms with Crippen molar-refractivity contribution in [3.05, 3.63) is 53.7 Å². The first-order chi connectivity index (χ1) is 11.6. The summed E-state index contributed by atoms with van der Waals surface area (Å²) in [4.78, 5) is 12.1. The number of ether oxygens (including phenoxy) is 1. The van der Waals surface area contributed by atoms with E-state index in [0.717, 1.165) is 12.0 Å². The SMILES string of the molecule is O=C(NCC(O)c1ccco1)NC1CCCOc2cc(F)ccc21. The van der Waals surface area contributed by atoms with Crippen molar-refractivity contribution in [2.45, 2.75) is 25.0 Å². The molecular formula is C17H19FN2O4. The van der Waals surface area contributed by atoms with Gasteiger partial charge in [-0.15, -0.1) is 0 Å². The molecule has 1 aliphatic heterocycles. The van der Waals surface area contributed by atoms with Gasteiger partial charge in [0.15, 0.2) is 0 Å². The molecule has 1 aromatic carbocycles. The van der Waals surface area contributed by atoms with Crippen LogP contribution in [0, 0.1) is 5.82 Å². The molecule has 2 heterocycles. The van der Waals surface area contributed by atoms with Crippen molar-refractivity contribution in [1.29, 1.82) is 0 Å². The van der Waals surface area contributed by atoms with Gasteiger partial charge in [0.05, 0.1) is 25.5 Å². The molecular weight excluding hydrogens is 315 g/mol. The summed E-state index contributed by atoms with van der Waals surface area (Å²) in [5.41, 5.74) is 0.746. The van der Waals surface area contributed by atoms with Gasteiger partial charge >= 0.3 is 6.03 Å². The third-order valence-electron chi connectivity index (χ3n) is 3.88. The van der Waals surface area contributed by atoms with Crippen LogP contribution in [0.25, 0.3) is 0 Å². The summed E-state index contributed by atoms with van der Waals surface area (Å²) in [6, 6.07) is 6.91. The van der Waals surface area contributed by atoms with Gasteiger partial charge in [-0.3, -0.25) is 0 Å². The van der Waals surface area contributed by atoms with E-state index in [0.29, 0.717) is 24.5 Å². The van der Waals surface area contributed by atoms with E-state index in [2.05, 4.69) is 10.6 Å². The molecule has 24 heavy (non-hydrogen) atoms. The fourth-order valence-electron chi connectivity index (χ4n) is 2.68. The van der Waals surface area contributed by atoms with E-state index >= 15 is 0 Å². The van der Waals surface area contributed by atoms with E-state index in [1.165, 1.54) is 18.4 Å². The predicted molar refractivity (Wildman–Crippen MR) is 84.1 cm³/mol. The number of carbonyl (C=O) groups is 1. The maximum Gasteiger partial charge on any atom is 0.315 e. The number of nitrogens with one attached hydrogen (secondary N) is 2. The molecule has 128 valence electrons. The van der Waals surface area contributed by atoms with E-state index in [-0.39, 0.29) is 18.4 Å². The Kier molecular flexibility index (Phi) is 5.00. The highest BCUT2D eigenvalue weighted by molar-refractivity contribution is 5.74. The summed E-state index contributed by atoms with van der Waals surface area (Å²) in [7, 11) is 0. The quantitative estimate of drug-likeness (QED) is 0.803. The number of hydrogen-bond donors (Lipinski definition) is 3. The third kappa shape index (κ3) is 3.86. The van der Waals surface area contributed by atoms with Crippen LogP contribution in [0.15, 0.2) is 41.0 Å². The number of urea groups is 1. The van der Waals surface area contributed by atoms with Gasteiger partial charge in [0.1, 0.15) is 23.4 Å². The average molecular weight is 334 g/mol. The second-order valence-corrected chi connectivity index (χ2v) is 5.61. The zero-order valence-electron chi connectivity index (χ0n) is 13.0. The van der Waals surface area contributed by atoms with Crippen LogP contribution in [-0.4, -0.2) is 24.3 Å². The molecule has 1 aliphatic rings. The number of hydrogen-bond acceptors (Lipinski definition) is 4. The predicted octanol–water partition coefficient (Wildman–Crippen LogP) is 2.67. The minimum atomic E-state index is -0.912. The fraction of sp³-hybridized carbons (Fsp3) is 0.353. The highest BCUT2D eigenvalue weighted by atomic mass is 19.1. The Morgan fingerprint density at radius 1 is 1.42 bits per heavy atom. The molecule has 0 fully saturated rings. The van der Waals surface area contributed by atoms with Gasteiger partial charge in [-0.05, 0) is 31.0 Å². The van der Waals surface area contributed by atoms with Crippen molar-refractivity contribution in [2.24, 2.45) is 0 Å². The zero-order valence-corrected chi connectivity index (χ0v) is 13.0. The van der Waals surface area contributed by atoms with E-state index < -0.39 is 12.1 Å². The number of halogens is 1. The van der Waals surface area contributed by atoms with Crippen molar-refractivity contribution >= 4 is 6.03 Å². The van der Waals surface area contributed by atoms with Gasteiger partial charge < -0.3 is 24.9 Å². The van der Waals surface area contributed by atoms with Crippen LogP contribution < -0.4 is 15.4 Å². The van der Waals surface area contributed by atoms with Crippen molar-refractivity contribution < 1.29 is 23.4 Å². The van der Waals surface area contributed by atoms with Gasteiger partial charge in [-0.1, -0.05) is 6.07 Å². The molecule has 6 nitrogen and oxygen atoms in total. The molecule has 2 aromatic rings. The number of rotatable bonds is 4. The molecule has 2 atom stereocenters. The third-order valence-corrected chi connectivity index (χ3v) is 3.88. The molecule has 3 rings (SSSR count). The maximum absolute atomic E-state index is 13.3. The fourth-order valence-corrected chi connectivity index (χ4v) is 2.68. The van der Waals surface area contributed by atoms with Crippen LogP contribution >= 0.6 is 0 Å². The van der Waals surface area contributed by atoms with E-state index in [9.17, 15) is 14.3 Å². The number of fused-ring (bicyclic) bond motifs is 1. The van der Waals surface area contributed by atoms with Crippen LogP contribution in [0.2, 0.25) is 0 Å². The molecule has 7 heteroatoms. The van der Waals surface area contributed by atoms with Gasteiger partial charge in [-0.2, -0.15) is 0 Å². The lowest BCUT2D eigenvalue weighted by molar-refractivity contribution is 0.147. The first kappa shape index (κ1) is 16.3. The summed E-state index contributed by atoms with van der Waals surface area (Å²) in [5, 5.41) is 15.3. The Balaban J connectivity index is 1.60. The van der Waals surface area contributed by atoms with Gasteiger partial charge in [-0.25, -0.2) is 9.18 Å². The Labute approximate surface area is 138 Å². The van der Waals surface area contributed by atoms with E-state index in [1.807, 2.05) is 0 Å². The number of furan rings is 1. The largest absolute Gasteiger partial charge is 0.493 e. The molecule has 2 amide bonds. The van der Waals surface area contributed by atoms with Crippen LogP contribution in [0.3, 0.4) is 0 Å². The minimum Gasteiger partial charge on any atom is -0.493 e. The zero-order chi connectivity index (χ0) is 16.9. The van der Waals surface area contributed by atoms with E-state index in [4.69, 9.17) is 9.15 Å². The second kappa shape index (κ2) is 7.35. The Morgan fingerprint density at radius 2 is 2.29 bits per heavy atom. The number of benzene rings is 1. The van der Waals surface area contributed by atoms with Crippen molar-refractivity contribution in [3.63, 3.8) is 0 Å². The molecule has 2 unspecified atom stereocenters. The Morgan fingerprint density at radius 3 is 3.08 bits per heavy atom. The second-order valence-electron chi connectivity index (χ2n) is 5.61. The molecule has 0 radical (unpaired) electrons. The standard InChI is InChI=1S/C17H19FN2O4/c18-11-5-6-12-13(3-1-7-24-16(12)9-11)20-17(22)19-10-14(21)15-4-2-8-23-15/h2,4-6,8-9,13-14,21H,1,3,7,10H2,(H2,19,20,22). The van der Waals surface area contributed by atoms with E-state index in [1.54, 1.807) is 18.2 Å². The first-order valence-corrected chi connectivity index (χ1v) is 7.81. The summed E-state index contributed by atoms with van der Waals surface area (Å²) in [6.45, 7) is 0.506. The molecule has 1 aromatic heterocycles. The number of amides is 2.